The smallest absolute Gasteiger partial charge is 0.166 e. The molecule has 0 aromatic heterocycles. The molecule has 2 aromatic rings. The summed E-state index contributed by atoms with van der Waals surface area (Å²) in [6, 6.07) is 8.43. The summed E-state index contributed by atoms with van der Waals surface area (Å²) in [6.45, 7) is 1.06. The van der Waals surface area contributed by atoms with E-state index in [1.165, 1.54) is 11.1 Å². The highest BCUT2D eigenvalue weighted by Gasteiger charge is 2.36. The molecule has 0 spiro atoms. The molecule has 1 aliphatic heterocycles. The van der Waals surface area contributed by atoms with Gasteiger partial charge in [-0.05, 0) is 48.7 Å². The van der Waals surface area contributed by atoms with Crippen molar-refractivity contribution in [3.05, 3.63) is 41.0 Å². The number of hydrogen-bond donors (Lipinski definition) is 1. The molecule has 4 rings (SSSR count). The molecule has 1 aliphatic carbocycles. The molecule has 2 aliphatic rings. The van der Waals surface area contributed by atoms with Gasteiger partial charge in [0.1, 0.15) is 5.75 Å². The van der Waals surface area contributed by atoms with E-state index in [4.69, 9.17) is 9.47 Å². The molecule has 4 heteroatoms. The minimum absolute atomic E-state index is 0.211. The standard InChI is InChI=1S/C19H21NO3/c1-20-9-8-11-4-6-14(22-2)18-16(11)13(20)10-12-5-7-15(23-3)19(21)17(12)18/h4-7,13,21H,8-10H2,1-3H3/t13-/m0/s1. The fraction of sp³-hybridized carbons (Fsp3) is 0.368. The summed E-state index contributed by atoms with van der Waals surface area (Å²) in [5.74, 6) is 1.53. The molecule has 2 aromatic carbocycles. The Labute approximate surface area is 136 Å². The monoisotopic (exact) mass is 311 g/mol. The molecule has 0 amide bonds. The summed E-state index contributed by atoms with van der Waals surface area (Å²) in [5, 5.41) is 10.7. The molecule has 0 unspecified atom stereocenters. The van der Waals surface area contributed by atoms with E-state index in [2.05, 4.69) is 24.1 Å². The summed E-state index contributed by atoms with van der Waals surface area (Å²) < 4.78 is 11.0. The van der Waals surface area contributed by atoms with Gasteiger partial charge >= 0.3 is 0 Å². The summed E-state index contributed by atoms with van der Waals surface area (Å²) >= 11 is 0. The van der Waals surface area contributed by atoms with Crippen molar-refractivity contribution < 1.29 is 14.6 Å². The van der Waals surface area contributed by atoms with Crippen LogP contribution in [0, 0.1) is 0 Å². The summed E-state index contributed by atoms with van der Waals surface area (Å²) in [7, 11) is 5.44. The first-order valence-electron chi connectivity index (χ1n) is 7.95. The van der Waals surface area contributed by atoms with Crippen molar-refractivity contribution >= 4 is 0 Å². The maximum absolute atomic E-state index is 10.7. The van der Waals surface area contributed by atoms with E-state index in [0.29, 0.717) is 11.8 Å². The van der Waals surface area contributed by atoms with Crippen molar-refractivity contribution in [3.8, 4) is 28.4 Å². The predicted molar refractivity (Wildman–Crippen MR) is 89.4 cm³/mol. The maximum Gasteiger partial charge on any atom is 0.166 e. The van der Waals surface area contributed by atoms with Gasteiger partial charge in [0.05, 0.1) is 14.2 Å². The first kappa shape index (κ1) is 14.4. The molecule has 1 heterocycles. The number of benzene rings is 2. The molecule has 1 atom stereocenters. The van der Waals surface area contributed by atoms with Crippen molar-refractivity contribution in [1.82, 2.24) is 4.90 Å². The number of phenols is 1. The number of phenolic OH excluding ortho intramolecular Hbond substituents is 1. The average molecular weight is 311 g/mol. The van der Waals surface area contributed by atoms with Gasteiger partial charge in [0.25, 0.3) is 0 Å². The quantitative estimate of drug-likeness (QED) is 0.925. The second-order valence-corrected chi connectivity index (χ2v) is 6.32. The van der Waals surface area contributed by atoms with E-state index >= 15 is 0 Å². The molecule has 0 bridgehead atoms. The van der Waals surface area contributed by atoms with Gasteiger partial charge in [0.15, 0.2) is 11.5 Å². The van der Waals surface area contributed by atoms with Gasteiger partial charge in [-0.1, -0.05) is 12.1 Å². The third-order valence-electron chi connectivity index (χ3n) is 5.23. The van der Waals surface area contributed by atoms with Crippen LogP contribution in [-0.4, -0.2) is 37.8 Å². The topological polar surface area (TPSA) is 41.9 Å². The molecule has 120 valence electrons. The lowest BCUT2D eigenvalue weighted by atomic mass is 9.76. The van der Waals surface area contributed by atoms with E-state index in [0.717, 1.165) is 41.8 Å². The largest absolute Gasteiger partial charge is 0.504 e. The van der Waals surface area contributed by atoms with Crippen LogP contribution in [-0.2, 0) is 12.8 Å². The molecular formula is C19H21NO3. The van der Waals surface area contributed by atoms with Crippen LogP contribution >= 0.6 is 0 Å². The van der Waals surface area contributed by atoms with Crippen molar-refractivity contribution in [2.45, 2.75) is 18.9 Å². The number of hydrogen-bond acceptors (Lipinski definition) is 4. The number of likely N-dealkylation sites (N-methyl/N-ethyl adjacent to an activating group) is 1. The Kier molecular flexibility index (Phi) is 3.23. The molecule has 23 heavy (non-hydrogen) atoms. The normalized spacial score (nSPS) is 19.0. The number of nitrogens with zero attached hydrogens (tertiary/aromatic N) is 1. The van der Waals surface area contributed by atoms with Crippen molar-refractivity contribution in [1.29, 1.82) is 0 Å². The third kappa shape index (κ3) is 1.94. The number of methoxy groups -OCH3 is 2. The molecule has 0 fully saturated rings. The number of ether oxygens (including phenoxy) is 2. The minimum atomic E-state index is 0.211. The first-order valence-corrected chi connectivity index (χ1v) is 7.95. The van der Waals surface area contributed by atoms with Crippen LogP contribution in [0.3, 0.4) is 0 Å². The van der Waals surface area contributed by atoms with Crippen LogP contribution < -0.4 is 9.47 Å². The van der Waals surface area contributed by atoms with Gasteiger partial charge in [-0.15, -0.1) is 0 Å². The Balaban J connectivity index is 2.07. The van der Waals surface area contributed by atoms with Crippen LogP contribution in [0.2, 0.25) is 0 Å². The lowest BCUT2D eigenvalue weighted by molar-refractivity contribution is 0.227. The van der Waals surface area contributed by atoms with Gasteiger partial charge in [-0.2, -0.15) is 0 Å². The van der Waals surface area contributed by atoms with Crippen molar-refractivity contribution in [3.63, 3.8) is 0 Å². The second kappa shape index (κ2) is 5.17. The van der Waals surface area contributed by atoms with Crippen LogP contribution in [0.5, 0.6) is 17.2 Å². The Hall–Kier alpha value is -2.20. The van der Waals surface area contributed by atoms with Gasteiger partial charge in [-0.25, -0.2) is 0 Å². The molecular weight excluding hydrogens is 290 g/mol. The highest BCUT2D eigenvalue weighted by atomic mass is 16.5. The van der Waals surface area contributed by atoms with Gasteiger partial charge < -0.3 is 14.6 Å². The van der Waals surface area contributed by atoms with Crippen LogP contribution in [0.1, 0.15) is 22.7 Å². The highest BCUT2D eigenvalue weighted by Crippen LogP contribution is 2.53. The SMILES string of the molecule is COc1ccc2c(c1O)-c1c(OC)ccc3c1[C@H](C2)N(C)CC3. The van der Waals surface area contributed by atoms with E-state index < -0.39 is 0 Å². The lowest BCUT2D eigenvalue weighted by Gasteiger charge is -2.40. The zero-order valence-electron chi connectivity index (χ0n) is 13.7. The van der Waals surface area contributed by atoms with E-state index in [1.807, 2.05) is 12.1 Å². The Morgan fingerprint density at radius 3 is 2.43 bits per heavy atom. The first-order chi connectivity index (χ1) is 11.2. The number of rotatable bonds is 2. The summed E-state index contributed by atoms with van der Waals surface area (Å²) in [4.78, 5) is 2.40. The fourth-order valence-corrected chi connectivity index (χ4v) is 4.04. The van der Waals surface area contributed by atoms with E-state index in [1.54, 1.807) is 14.2 Å². The van der Waals surface area contributed by atoms with Crippen LogP contribution in [0.15, 0.2) is 24.3 Å². The predicted octanol–water partition coefficient (Wildman–Crippen LogP) is 3.16. The average Bonchev–Trinajstić information content (AvgIpc) is 2.58. The zero-order chi connectivity index (χ0) is 16.1. The van der Waals surface area contributed by atoms with Gasteiger partial charge in [-0.3, -0.25) is 4.90 Å². The molecule has 4 nitrogen and oxygen atoms in total. The van der Waals surface area contributed by atoms with E-state index in [-0.39, 0.29) is 5.75 Å². The van der Waals surface area contributed by atoms with Gasteiger partial charge in [0, 0.05) is 23.7 Å². The molecule has 0 radical (unpaired) electrons. The Bertz CT molecular complexity index is 785. The Morgan fingerprint density at radius 1 is 1.00 bits per heavy atom. The summed E-state index contributed by atoms with van der Waals surface area (Å²) in [6.07, 6.45) is 1.93. The zero-order valence-corrected chi connectivity index (χ0v) is 13.7. The third-order valence-corrected chi connectivity index (χ3v) is 5.23. The molecule has 0 saturated carbocycles. The maximum atomic E-state index is 10.7. The highest BCUT2D eigenvalue weighted by molar-refractivity contribution is 5.86. The minimum Gasteiger partial charge on any atom is -0.504 e. The molecule has 0 saturated heterocycles. The van der Waals surface area contributed by atoms with Gasteiger partial charge in [0.2, 0.25) is 0 Å². The number of fused-ring (bicyclic) bond motifs is 2. The van der Waals surface area contributed by atoms with Crippen molar-refractivity contribution in [2.75, 3.05) is 27.8 Å². The Morgan fingerprint density at radius 2 is 1.70 bits per heavy atom. The second-order valence-electron chi connectivity index (χ2n) is 6.32. The van der Waals surface area contributed by atoms with E-state index in [9.17, 15) is 5.11 Å². The van der Waals surface area contributed by atoms with Crippen LogP contribution in [0.4, 0.5) is 0 Å². The lowest BCUT2D eigenvalue weighted by Crippen LogP contribution is -2.35. The number of aromatic hydroxyl groups is 1. The fourth-order valence-electron chi connectivity index (χ4n) is 4.04. The van der Waals surface area contributed by atoms with Crippen LogP contribution in [0.25, 0.3) is 11.1 Å². The summed E-state index contributed by atoms with van der Waals surface area (Å²) in [5.41, 5.74) is 5.69. The molecule has 1 N–H and O–H groups in total. The van der Waals surface area contributed by atoms with Crippen molar-refractivity contribution in [2.24, 2.45) is 0 Å².